The van der Waals surface area contributed by atoms with Crippen LogP contribution in [-0.4, -0.2) is 42.0 Å². The molecule has 1 aromatic carbocycles. The number of hydrogen-bond donors (Lipinski definition) is 2. The number of nitrogens with one attached hydrogen (secondary N) is 1. The number of amides is 1. The molecule has 0 spiro atoms. The molecule has 0 heterocycles. The largest absolute Gasteiger partial charge is 0.480 e. The highest BCUT2D eigenvalue weighted by molar-refractivity contribution is 6.31. The Morgan fingerprint density at radius 2 is 2.05 bits per heavy atom. The molecule has 1 aromatic rings. The summed E-state index contributed by atoms with van der Waals surface area (Å²) in [4.78, 5) is 24.4. The number of carboxylic acid groups (broad SMARTS) is 1. The lowest BCUT2D eigenvalue weighted by Gasteiger charge is -2.19. The van der Waals surface area contributed by atoms with Gasteiger partial charge in [0.1, 0.15) is 6.04 Å². The second-order valence-corrected chi connectivity index (χ2v) is 4.89. The first kappa shape index (κ1) is 15.5. The molecule has 0 fully saturated rings. The normalized spacial score (nSPS) is 12.3. The maximum Gasteiger partial charge on any atom is 0.321 e. The van der Waals surface area contributed by atoms with Crippen LogP contribution in [0.3, 0.4) is 0 Å². The van der Waals surface area contributed by atoms with Crippen molar-refractivity contribution in [2.45, 2.75) is 19.4 Å². The lowest BCUT2D eigenvalue weighted by Crippen LogP contribution is -2.38. The quantitative estimate of drug-likeness (QED) is 0.867. The molecule has 1 unspecified atom stereocenters. The molecule has 2 N–H and O–H groups in total. The molecule has 0 aromatic heterocycles. The molecule has 6 heteroatoms. The molecule has 5 nitrogen and oxygen atoms in total. The van der Waals surface area contributed by atoms with E-state index in [0.29, 0.717) is 10.7 Å². The van der Waals surface area contributed by atoms with E-state index in [-0.39, 0.29) is 12.3 Å². The fourth-order valence-electron chi connectivity index (χ4n) is 1.61. The molecular formula is C13H17ClN2O3. The summed E-state index contributed by atoms with van der Waals surface area (Å²) in [6.07, 6.45) is -0.117. The highest BCUT2D eigenvalue weighted by Crippen LogP contribution is 2.23. The van der Waals surface area contributed by atoms with Gasteiger partial charge in [-0.1, -0.05) is 17.7 Å². The number of likely N-dealkylation sites (N-methyl/N-ethyl adjacent to an activating group) is 1. The molecule has 0 saturated heterocycles. The van der Waals surface area contributed by atoms with E-state index in [1.807, 2.05) is 0 Å². The lowest BCUT2D eigenvalue weighted by molar-refractivity contribution is -0.144. The average molecular weight is 285 g/mol. The molecule has 1 atom stereocenters. The maximum atomic E-state index is 11.9. The highest BCUT2D eigenvalue weighted by atomic mass is 35.5. The van der Waals surface area contributed by atoms with Crippen molar-refractivity contribution in [1.82, 2.24) is 4.90 Å². The SMILES string of the molecule is Cc1c(Cl)cccc1NC(=O)CC(C(=O)O)N(C)C. The minimum Gasteiger partial charge on any atom is -0.480 e. The molecule has 0 aliphatic rings. The number of hydrogen-bond acceptors (Lipinski definition) is 3. The van der Waals surface area contributed by atoms with E-state index in [9.17, 15) is 9.59 Å². The van der Waals surface area contributed by atoms with Gasteiger partial charge >= 0.3 is 5.97 Å². The number of nitrogens with zero attached hydrogens (tertiary/aromatic N) is 1. The molecule has 104 valence electrons. The van der Waals surface area contributed by atoms with Crippen molar-refractivity contribution in [2.75, 3.05) is 19.4 Å². The van der Waals surface area contributed by atoms with E-state index in [0.717, 1.165) is 5.56 Å². The lowest BCUT2D eigenvalue weighted by atomic mass is 10.1. The molecule has 1 rings (SSSR count). The van der Waals surface area contributed by atoms with Crippen LogP contribution in [0.4, 0.5) is 5.69 Å². The van der Waals surface area contributed by atoms with E-state index in [2.05, 4.69) is 5.32 Å². The number of anilines is 1. The van der Waals surface area contributed by atoms with Gasteiger partial charge in [0.15, 0.2) is 0 Å². The third-order valence-electron chi connectivity index (χ3n) is 2.83. The first-order valence-electron chi connectivity index (χ1n) is 5.77. The first-order chi connectivity index (χ1) is 8.82. The standard InChI is InChI=1S/C13H17ClN2O3/c1-8-9(14)5-4-6-10(8)15-12(17)7-11(13(18)19)16(2)3/h4-6,11H,7H2,1-3H3,(H,15,17)(H,18,19). The number of carbonyl (C=O) groups is 2. The zero-order valence-corrected chi connectivity index (χ0v) is 11.9. The van der Waals surface area contributed by atoms with Crippen molar-refractivity contribution < 1.29 is 14.7 Å². The Hall–Kier alpha value is -1.59. The molecule has 0 bridgehead atoms. The summed E-state index contributed by atoms with van der Waals surface area (Å²) in [5.74, 6) is -1.38. The summed E-state index contributed by atoms with van der Waals surface area (Å²) in [5, 5.41) is 12.2. The van der Waals surface area contributed by atoms with Crippen molar-refractivity contribution >= 4 is 29.2 Å². The summed E-state index contributed by atoms with van der Waals surface area (Å²) in [6.45, 7) is 1.79. The van der Waals surface area contributed by atoms with Crippen molar-refractivity contribution in [2.24, 2.45) is 0 Å². The van der Waals surface area contributed by atoms with Gasteiger partial charge in [0.25, 0.3) is 0 Å². The van der Waals surface area contributed by atoms with Crippen LogP contribution in [0.2, 0.25) is 5.02 Å². The second-order valence-electron chi connectivity index (χ2n) is 4.48. The Morgan fingerprint density at radius 1 is 1.42 bits per heavy atom. The van der Waals surface area contributed by atoms with Crippen LogP contribution in [-0.2, 0) is 9.59 Å². The molecule has 19 heavy (non-hydrogen) atoms. The van der Waals surface area contributed by atoms with E-state index >= 15 is 0 Å². The van der Waals surface area contributed by atoms with Gasteiger partial charge in [-0.3, -0.25) is 14.5 Å². The Morgan fingerprint density at radius 3 is 2.58 bits per heavy atom. The Kier molecular flexibility index (Phi) is 5.32. The summed E-state index contributed by atoms with van der Waals surface area (Å²) < 4.78 is 0. The van der Waals surface area contributed by atoms with Gasteiger partial charge in [0.05, 0.1) is 6.42 Å². The van der Waals surface area contributed by atoms with Gasteiger partial charge in [0.2, 0.25) is 5.91 Å². The predicted molar refractivity (Wildman–Crippen MR) is 74.5 cm³/mol. The van der Waals surface area contributed by atoms with Crippen molar-refractivity contribution in [3.05, 3.63) is 28.8 Å². The van der Waals surface area contributed by atoms with Crippen molar-refractivity contribution in [3.63, 3.8) is 0 Å². The molecular weight excluding hydrogens is 268 g/mol. The Labute approximate surface area is 117 Å². The maximum absolute atomic E-state index is 11.9. The van der Waals surface area contributed by atoms with Crippen LogP contribution in [0.1, 0.15) is 12.0 Å². The van der Waals surface area contributed by atoms with Crippen molar-refractivity contribution in [3.8, 4) is 0 Å². The summed E-state index contributed by atoms with van der Waals surface area (Å²) in [6, 6.07) is 4.34. The number of halogens is 1. The number of aliphatic carboxylic acids is 1. The van der Waals surface area contributed by atoms with E-state index in [1.54, 1.807) is 39.2 Å². The van der Waals surface area contributed by atoms with E-state index in [1.165, 1.54) is 4.90 Å². The Bertz CT molecular complexity index is 489. The second kappa shape index (κ2) is 6.54. The van der Waals surface area contributed by atoms with E-state index < -0.39 is 12.0 Å². The number of carboxylic acids is 1. The zero-order chi connectivity index (χ0) is 14.6. The third kappa shape index (κ3) is 4.22. The molecule has 0 aliphatic heterocycles. The number of rotatable bonds is 5. The summed E-state index contributed by atoms with van der Waals surface area (Å²) in [5.41, 5.74) is 1.36. The van der Waals surface area contributed by atoms with Gasteiger partial charge in [-0.25, -0.2) is 0 Å². The van der Waals surface area contributed by atoms with Gasteiger partial charge in [-0.05, 0) is 38.7 Å². The smallest absolute Gasteiger partial charge is 0.321 e. The Balaban J connectivity index is 2.75. The first-order valence-corrected chi connectivity index (χ1v) is 6.15. The highest BCUT2D eigenvalue weighted by Gasteiger charge is 2.23. The van der Waals surface area contributed by atoms with Crippen LogP contribution in [0.15, 0.2) is 18.2 Å². The fraction of sp³-hybridized carbons (Fsp3) is 0.385. The van der Waals surface area contributed by atoms with Gasteiger partial charge in [-0.2, -0.15) is 0 Å². The summed E-state index contributed by atoms with van der Waals surface area (Å²) in [7, 11) is 3.24. The van der Waals surface area contributed by atoms with Gasteiger partial charge < -0.3 is 10.4 Å². The topological polar surface area (TPSA) is 69.6 Å². The average Bonchev–Trinajstić information content (AvgIpc) is 2.31. The van der Waals surface area contributed by atoms with Gasteiger partial charge in [-0.15, -0.1) is 0 Å². The molecule has 0 radical (unpaired) electrons. The van der Waals surface area contributed by atoms with Crippen LogP contribution in [0.5, 0.6) is 0 Å². The molecule has 1 amide bonds. The minimum absolute atomic E-state index is 0.117. The van der Waals surface area contributed by atoms with E-state index in [4.69, 9.17) is 16.7 Å². The summed E-state index contributed by atoms with van der Waals surface area (Å²) >= 11 is 5.95. The predicted octanol–water partition coefficient (Wildman–Crippen LogP) is 1.99. The van der Waals surface area contributed by atoms with Crippen LogP contribution in [0, 0.1) is 6.92 Å². The van der Waals surface area contributed by atoms with Crippen LogP contribution < -0.4 is 5.32 Å². The zero-order valence-electron chi connectivity index (χ0n) is 11.1. The number of benzene rings is 1. The monoisotopic (exact) mass is 284 g/mol. The molecule has 0 aliphatic carbocycles. The van der Waals surface area contributed by atoms with Crippen LogP contribution >= 0.6 is 11.6 Å². The molecule has 0 saturated carbocycles. The van der Waals surface area contributed by atoms with Crippen molar-refractivity contribution in [1.29, 1.82) is 0 Å². The fourth-order valence-corrected chi connectivity index (χ4v) is 1.79. The minimum atomic E-state index is -1.03. The van der Waals surface area contributed by atoms with Crippen LogP contribution in [0.25, 0.3) is 0 Å². The number of carbonyl (C=O) groups excluding carboxylic acids is 1. The third-order valence-corrected chi connectivity index (χ3v) is 3.24. The van der Waals surface area contributed by atoms with Gasteiger partial charge in [0, 0.05) is 10.7 Å².